The molecule has 0 fully saturated rings. The van der Waals surface area contributed by atoms with Crippen molar-refractivity contribution >= 4 is 21.8 Å². The van der Waals surface area contributed by atoms with Gasteiger partial charge in [-0.1, -0.05) is 6.07 Å². The Kier molecular flexibility index (Phi) is 6.42. The van der Waals surface area contributed by atoms with Gasteiger partial charge < -0.3 is 9.47 Å². The zero-order valence-electron chi connectivity index (χ0n) is 13.8. The van der Waals surface area contributed by atoms with Crippen LogP contribution in [0.25, 0.3) is 0 Å². The highest BCUT2D eigenvalue weighted by Crippen LogP contribution is 2.12. The first-order valence-electron chi connectivity index (χ1n) is 7.40. The molecule has 0 unspecified atom stereocenters. The van der Waals surface area contributed by atoms with Crippen molar-refractivity contribution in [1.82, 2.24) is 4.72 Å². The molecule has 2 aromatic carbocycles. The molecular weight excluding hydrogens is 365 g/mol. The Labute approximate surface area is 149 Å². The molecule has 0 radical (unpaired) electrons. The van der Waals surface area contributed by atoms with Crippen molar-refractivity contribution < 1.29 is 31.9 Å². The van der Waals surface area contributed by atoms with Crippen molar-refractivity contribution in [3.05, 3.63) is 59.9 Å². The average molecular weight is 381 g/mol. The summed E-state index contributed by atoms with van der Waals surface area (Å²) in [4.78, 5) is 23.2. The number of Topliss-reactive ketones (excluding diaryl/α,β-unsaturated/α-hetero) is 1. The number of methoxy groups -OCH3 is 1. The molecule has 0 aliphatic carbocycles. The first-order chi connectivity index (χ1) is 12.3. The highest BCUT2D eigenvalue weighted by atomic mass is 32.2. The Morgan fingerprint density at radius 2 is 1.81 bits per heavy atom. The van der Waals surface area contributed by atoms with Crippen LogP contribution in [0.4, 0.5) is 4.39 Å². The number of rotatable bonds is 8. The monoisotopic (exact) mass is 381 g/mol. The van der Waals surface area contributed by atoms with Crippen molar-refractivity contribution in [2.45, 2.75) is 4.90 Å². The van der Waals surface area contributed by atoms with Gasteiger partial charge in [0.25, 0.3) is 0 Å². The minimum Gasteiger partial charge on any atom is -0.497 e. The Morgan fingerprint density at radius 1 is 1.12 bits per heavy atom. The molecule has 7 nitrogen and oxygen atoms in total. The first kappa shape index (κ1) is 19.5. The van der Waals surface area contributed by atoms with Gasteiger partial charge in [-0.3, -0.25) is 9.59 Å². The van der Waals surface area contributed by atoms with E-state index in [4.69, 9.17) is 9.47 Å². The second-order valence-corrected chi connectivity index (χ2v) is 6.86. The summed E-state index contributed by atoms with van der Waals surface area (Å²) < 4.78 is 48.7. The van der Waals surface area contributed by atoms with E-state index >= 15 is 0 Å². The minimum atomic E-state index is -4.07. The molecule has 0 saturated heterocycles. The number of nitrogens with one attached hydrogen (secondary N) is 1. The second kappa shape index (κ2) is 8.54. The third-order valence-electron chi connectivity index (χ3n) is 3.29. The fourth-order valence-corrected chi connectivity index (χ4v) is 2.93. The highest BCUT2D eigenvalue weighted by molar-refractivity contribution is 7.89. The van der Waals surface area contributed by atoms with Crippen LogP contribution in [0, 0.1) is 5.82 Å². The number of ether oxygens (including phenoxy) is 2. The molecule has 138 valence electrons. The quantitative estimate of drug-likeness (QED) is 0.550. The lowest BCUT2D eigenvalue weighted by molar-refractivity contribution is -0.141. The number of carbonyl (C=O) groups is 2. The zero-order valence-corrected chi connectivity index (χ0v) is 14.6. The Balaban J connectivity index is 1.85. The lowest BCUT2D eigenvalue weighted by Crippen LogP contribution is -2.31. The van der Waals surface area contributed by atoms with Crippen molar-refractivity contribution in [3.8, 4) is 5.75 Å². The molecule has 0 spiro atoms. The number of sulfonamides is 1. The maximum atomic E-state index is 13.1. The summed E-state index contributed by atoms with van der Waals surface area (Å²) in [5, 5.41) is 0. The number of halogens is 1. The summed E-state index contributed by atoms with van der Waals surface area (Å²) >= 11 is 0. The van der Waals surface area contributed by atoms with E-state index in [0.29, 0.717) is 11.3 Å². The summed E-state index contributed by atoms with van der Waals surface area (Å²) in [6.07, 6.45) is 0. The summed E-state index contributed by atoms with van der Waals surface area (Å²) in [5.41, 5.74) is 0.318. The lowest BCUT2D eigenvalue weighted by Gasteiger charge is -2.07. The fraction of sp³-hybridized carbons (Fsp3) is 0.176. The Bertz CT molecular complexity index is 896. The third-order valence-corrected chi connectivity index (χ3v) is 4.69. The second-order valence-electron chi connectivity index (χ2n) is 5.09. The SMILES string of the molecule is COc1ccc(C(=O)COC(=O)CNS(=O)(=O)c2cccc(F)c2)cc1. The van der Waals surface area contributed by atoms with Crippen LogP contribution in [-0.4, -0.2) is 40.4 Å². The first-order valence-corrected chi connectivity index (χ1v) is 8.88. The van der Waals surface area contributed by atoms with Gasteiger partial charge in [0.2, 0.25) is 10.0 Å². The van der Waals surface area contributed by atoms with E-state index in [1.54, 1.807) is 12.1 Å². The molecule has 0 atom stereocenters. The molecule has 0 bridgehead atoms. The van der Waals surface area contributed by atoms with Crippen LogP contribution in [-0.2, 0) is 19.6 Å². The van der Waals surface area contributed by atoms with Gasteiger partial charge in [0, 0.05) is 5.56 Å². The van der Waals surface area contributed by atoms with Gasteiger partial charge >= 0.3 is 5.97 Å². The van der Waals surface area contributed by atoms with Crippen molar-refractivity contribution in [2.24, 2.45) is 0 Å². The van der Waals surface area contributed by atoms with Crippen molar-refractivity contribution in [2.75, 3.05) is 20.3 Å². The van der Waals surface area contributed by atoms with Gasteiger partial charge in [0.05, 0.1) is 12.0 Å². The number of carbonyl (C=O) groups excluding carboxylic acids is 2. The molecule has 0 aliphatic heterocycles. The maximum absolute atomic E-state index is 13.1. The smallest absolute Gasteiger partial charge is 0.321 e. The number of hydrogen-bond acceptors (Lipinski definition) is 6. The molecule has 0 saturated carbocycles. The normalized spacial score (nSPS) is 11.0. The number of benzene rings is 2. The molecule has 1 N–H and O–H groups in total. The van der Waals surface area contributed by atoms with E-state index in [0.717, 1.165) is 12.1 Å². The Morgan fingerprint density at radius 3 is 2.42 bits per heavy atom. The molecule has 0 amide bonds. The van der Waals surface area contributed by atoms with Crippen molar-refractivity contribution in [3.63, 3.8) is 0 Å². The van der Waals surface area contributed by atoms with E-state index in [9.17, 15) is 22.4 Å². The van der Waals surface area contributed by atoms with E-state index in [1.165, 1.54) is 31.4 Å². The van der Waals surface area contributed by atoms with E-state index < -0.39 is 40.7 Å². The van der Waals surface area contributed by atoms with E-state index in [-0.39, 0.29) is 4.90 Å². The van der Waals surface area contributed by atoms with Gasteiger partial charge in [0.15, 0.2) is 12.4 Å². The van der Waals surface area contributed by atoms with Crippen LogP contribution in [0.2, 0.25) is 0 Å². The Hall–Kier alpha value is -2.78. The highest BCUT2D eigenvalue weighted by Gasteiger charge is 2.17. The van der Waals surface area contributed by atoms with Crippen LogP contribution in [0.15, 0.2) is 53.4 Å². The standard InChI is InChI=1S/C17H16FNO6S/c1-24-14-7-5-12(6-8-14)16(20)11-25-17(21)10-19-26(22,23)15-4-2-3-13(18)9-15/h2-9,19H,10-11H2,1H3. The molecule has 0 aromatic heterocycles. The molecule has 9 heteroatoms. The summed E-state index contributed by atoms with van der Waals surface area (Å²) in [5.74, 6) is -1.54. The van der Waals surface area contributed by atoms with Crippen LogP contribution < -0.4 is 9.46 Å². The molecular formula is C17H16FNO6S. The van der Waals surface area contributed by atoms with Gasteiger partial charge in [-0.2, -0.15) is 4.72 Å². The van der Waals surface area contributed by atoms with E-state index in [1.807, 2.05) is 4.72 Å². The van der Waals surface area contributed by atoms with Gasteiger partial charge in [-0.25, -0.2) is 12.8 Å². The number of hydrogen-bond donors (Lipinski definition) is 1. The van der Waals surface area contributed by atoms with Crippen molar-refractivity contribution in [1.29, 1.82) is 0 Å². The van der Waals surface area contributed by atoms with Crippen LogP contribution in [0.1, 0.15) is 10.4 Å². The van der Waals surface area contributed by atoms with Gasteiger partial charge in [0.1, 0.15) is 18.1 Å². The average Bonchev–Trinajstić information content (AvgIpc) is 2.64. The van der Waals surface area contributed by atoms with Crippen LogP contribution in [0.5, 0.6) is 5.75 Å². The number of esters is 1. The summed E-state index contributed by atoms with van der Waals surface area (Å²) in [7, 11) is -2.58. The summed E-state index contributed by atoms with van der Waals surface area (Å²) in [6, 6.07) is 10.5. The molecule has 0 heterocycles. The predicted molar refractivity (Wildman–Crippen MR) is 89.9 cm³/mol. The minimum absolute atomic E-state index is 0.318. The van der Waals surface area contributed by atoms with Gasteiger partial charge in [-0.15, -0.1) is 0 Å². The molecule has 2 aromatic rings. The third kappa shape index (κ3) is 5.36. The molecule has 0 aliphatic rings. The topological polar surface area (TPSA) is 98.8 Å². The maximum Gasteiger partial charge on any atom is 0.321 e. The largest absolute Gasteiger partial charge is 0.497 e. The molecule has 2 rings (SSSR count). The fourth-order valence-electron chi connectivity index (χ4n) is 1.93. The van der Waals surface area contributed by atoms with E-state index in [2.05, 4.69) is 0 Å². The van der Waals surface area contributed by atoms with Crippen LogP contribution in [0.3, 0.4) is 0 Å². The lowest BCUT2D eigenvalue weighted by atomic mass is 10.1. The molecule has 26 heavy (non-hydrogen) atoms. The summed E-state index contributed by atoms with van der Waals surface area (Å²) in [6.45, 7) is -1.22. The number of ketones is 1. The predicted octanol–water partition coefficient (Wildman–Crippen LogP) is 1.54. The van der Waals surface area contributed by atoms with Crippen LogP contribution >= 0.6 is 0 Å². The zero-order chi connectivity index (χ0) is 19.2. The van der Waals surface area contributed by atoms with Gasteiger partial charge in [-0.05, 0) is 42.5 Å².